The maximum absolute atomic E-state index is 14.9. The molecule has 5 heterocycles. The number of anilines is 2. The van der Waals surface area contributed by atoms with Crippen LogP contribution in [0.5, 0.6) is 6.01 Å². The lowest BCUT2D eigenvalue weighted by atomic mass is 9.95. The Morgan fingerprint density at radius 2 is 1.88 bits per heavy atom. The van der Waals surface area contributed by atoms with E-state index >= 15 is 0 Å². The summed E-state index contributed by atoms with van der Waals surface area (Å²) in [5.74, 6) is 0.597. The molecule has 1 saturated heterocycles. The van der Waals surface area contributed by atoms with E-state index in [1.165, 1.54) is 19.0 Å². The van der Waals surface area contributed by atoms with E-state index in [-0.39, 0.29) is 11.9 Å². The van der Waals surface area contributed by atoms with Crippen LogP contribution in [-0.4, -0.2) is 58.7 Å². The van der Waals surface area contributed by atoms with E-state index in [4.69, 9.17) is 26.3 Å². The van der Waals surface area contributed by atoms with Crippen LogP contribution in [0.25, 0.3) is 10.8 Å². The second-order valence-electron chi connectivity index (χ2n) is 11.9. The molecule has 2 aromatic heterocycles. The van der Waals surface area contributed by atoms with Crippen LogP contribution < -0.4 is 14.5 Å². The number of aromatic nitrogens is 3. The monoisotopic (exact) mass is 586 g/mol. The summed E-state index contributed by atoms with van der Waals surface area (Å²) in [6.07, 6.45) is 8.13. The number of likely N-dealkylation sites (tertiary alicyclic amines) is 1. The van der Waals surface area contributed by atoms with Crippen LogP contribution in [0.1, 0.15) is 48.6 Å². The van der Waals surface area contributed by atoms with Gasteiger partial charge in [-0.05, 0) is 69.3 Å². The number of hydrogen-bond acceptors (Lipinski definition) is 7. The number of piperidine rings is 1. The molecule has 1 fully saturated rings. The van der Waals surface area contributed by atoms with Gasteiger partial charge in [0, 0.05) is 53.6 Å². The van der Waals surface area contributed by atoms with Gasteiger partial charge in [0.1, 0.15) is 18.2 Å². The summed E-state index contributed by atoms with van der Waals surface area (Å²) in [4.78, 5) is 21.1. The van der Waals surface area contributed by atoms with Crippen LogP contribution in [0.3, 0.4) is 0 Å². The molecule has 7 rings (SSSR count). The first-order valence-electron chi connectivity index (χ1n) is 15.0. The molecular formula is C33H36ClFN6O. The fraction of sp³-hybridized carbons (Fsp3) is 0.424. The highest BCUT2D eigenvalue weighted by atomic mass is 35.5. The number of pyridine rings is 1. The second-order valence-corrected chi connectivity index (χ2v) is 12.3. The summed E-state index contributed by atoms with van der Waals surface area (Å²) >= 11 is 6.71. The average Bonchev–Trinajstić information content (AvgIpc) is 3.00. The third-order valence-corrected chi connectivity index (χ3v) is 9.58. The van der Waals surface area contributed by atoms with Crippen molar-refractivity contribution in [2.75, 3.05) is 36.5 Å². The number of halogens is 2. The summed E-state index contributed by atoms with van der Waals surface area (Å²) in [7, 11) is 2.16. The van der Waals surface area contributed by atoms with Gasteiger partial charge in [-0.3, -0.25) is 4.98 Å². The number of likely N-dealkylation sites (N-methyl/N-ethyl adjacent to an activating group) is 1. The standard InChI is InChI=1S/C33H36ClFN6O/c1-21-15-23-16-36-17-28(35)26(23)18-41(21)32-25-12-14-40(30-11-6-8-22-7-5-10-27(34)31(22)30)19-29(25)37-33(38-32)42-20-24-9-3-4-13-39(24)2/h5-8,10-11,16-17,21,24H,3-4,9,12-15,18-20H2,1-2H3/t21?,24-/m0/s1. The highest BCUT2D eigenvalue weighted by molar-refractivity contribution is 6.36. The maximum atomic E-state index is 14.9. The predicted molar refractivity (Wildman–Crippen MR) is 165 cm³/mol. The fourth-order valence-corrected chi connectivity index (χ4v) is 7.13. The summed E-state index contributed by atoms with van der Waals surface area (Å²) in [5.41, 5.74) is 4.84. The van der Waals surface area contributed by atoms with E-state index in [9.17, 15) is 4.39 Å². The maximum Gasteiger partial charge on any atom is 0.318 e. The van der Waals surface area contributed by atoms with Crippen molar-refractivity contribution in [3.63, 3.8) is 0 Å². The minimum atomic E-state index is -0.261. The molecule has 2 atom stereocenters. The van der Waals surface area contributed by atoms with Gasteiger partial charge >= 0.3 is 6.01 Å². The molecule has 3 aliphatic heterocycles. The fourth-order valence-electron chi connectivity index (χ4n) is 6.85. The molecule has 42 heavy (non-hydrogen) atoms. The van der Waals surface area contributed by atoms with E-state index in [1.54, 1.807) is 6.20 Å². The summed E-state index contributed by atoms with van der Waals surface area (Å²) in [5, 5.41) is 2.92. The van der Waals surface area contributed by atoms with Crippen LogP contribution in [0, 0.1) is 5.82 Å². The quantitative estimate of drug-likeness (QED) is 0.276. The Bertz CT molecular complexity index is 1630. The Kier molecular flexibility index (Phi) is 7.36. The van der Waals surface area contributed by atoms with Crippen molar-refractivity contribution in [2.45, 2.75) is 64.2 Å². The zero-order chi connectivity index (χ0) is 28.8. The van der Waals surface area contributed by atoms with E-state index in [0.717, 1.165) is 70.1 Å². The molecule has 0 aliphatic carbocycles. The third kappa shape index (κ3) is 5.05. The summed E-state index contributed by atoms with van der Waals surface area (Å²) < 4.78 is 21.3. The van der Waals surface area contributed by atoms with Gasteiger partial charge in [0.15, 0.2) is 0 Å². The van der Waals surface area contributed by atoms with Crippen molar-refractivity contribution in [1.82, 2.24) is 19.9 Å². The average molecular weight is 587 g/mol. The van der Waals surface area contributed by atoms with Gasteiger partial charge < -0.3 is 19.4 Å². The topological polar surface area (TPSA) is 57.6 Å². The first kappa shape index (κ1) is 27.3. The van der Waals surface area contributed by atoms with Crippen molar-refractivity contribution in [1.29, 1.82) is 0 Å². The minimum Gasteiger partial charge on any atom is -0.462 e. The number of nitrogens with zero attached hydrogens (tertiary/aromatic N) is 6. The molecule has 1 unspecified atom stereocenters. The first-order chi connectivity index (χ1) is 20.5. The molecule has 0 amide bonds. The summed E-state index contributed by atoms with van der Waals surface area (Å²) in [6, 6.07) is 13.2. The SMILES string of the molecule is CC1Cc2cncc(F)c2CN1c1nc(OC[C@@H]2CCCCN2C)nc2c1CCN(c1cccc3cccc(Cl)c13)C2. The van der Waals surface area contributed by atoms with Crippen LogP contribution in [0.4, 0.5) is 15.9 Å². The highest BCUT2D eigenvalue weighted by Crippen LogP contribution is 2.38. The molecule has 7 nitrogen and oxygen atoms in total. The molecule has 218 valence electrons. The molecule has 9 heteroatoms. The van der Waals surface area contributed by atoms with Crippen molar-refractivity contribution in [2.24, 2.45) is 0 Å². The third-order valence-electron chi connectivity index (χ3n) is 9.26. The lowest BCUT2D eigenvalue weighted by Gasteiger charge is -2.39. The first-order valence-corrected chi connectivity index (χ1v) is 15.4. The molecule has 4 aromatic rings. The van der Waals surface area contributed by atoms with Gasteiger partial charge in [0.05, 0.1) is 23.5 Å². The van der Waals surface area contributed by atoms with E-state index < -0.39 is 0 Å². The Morgan fingerprint density at radius 1 is 1.02 bits per heavy atom. The van der Waals surface area contributed by atoms with Gasteiger partial charge in [-0.1, -0.05) is 42.3 Å². The molecule has 3 aliphatic rings. The smallest absolute Gasteiger partial charge is 0.318 e. The molecule has 0 saturated carbocycles. The predicted octanol–water partition coefficient (Wildman–Crippen LogP) is 6.19. The normalized spacial score (nSPS) is 20.9. The number of rotatable bonds is 5. The van der Waals surface area contributed by atoms with E-state index in [1.807, 2.05) is 12.1 Å². The lowest BCUT2D eigenvalue weighted by molar-refractivity contribution is 0.119. The van der Waals surface area contributed by atoms with Gasteiger partial charge in [0.25, 0.3) is 0 Å². The van der Waals surface area contributed by atoms with Crippen LogP contribution in [-0.2, 0) is 25.9 Å². The number of ether oxygens (including phenoxy) is 1. The van der Waals surface area contributed by atoms with Gasteiger partial charge in [-0.15, -0.1) is 0 Å². The molecule has 0 bridgehead atoms. The van der Waals surface area contributed by atoms with Gasteiger partial charge in [-0.25, -0.2) is 4.39 Å². The van der Waals surface area contributed by atoms with Gasteiger partial charge in [0.2, 0.25) is 0 Å². The second kappa shape index (κ2) is 11.3. The van der Waals surface area contributed by atoms with Crippen LogP contribution >= 0.6 is 11.6 Å². The molecule has 0 spiro atoms. The lowest BCUT2D eigenvalue weighted by Crippen LogP contribution is -2.42. The number of fused-ring (bicyclic) bond motifs is 3. The molecule has 0 N–H and O–H groups in total. The van der Waals surface area contributed by atoms with Crippen molar-refractivity contribution < 1.29 is 9.13 Å². The zero-order valence-electron chi connectivity index (χ0n) is 24.2. The Labute approximate surface area is 251 Å². The van der Waals surface area contributed by atoms with E-state index in [0.29, 0.717) is 43.7 Å². The van der Waals surface area contributed by atoms with Crippen LogP contribution in [0.2, 0.25) is 5.02 Å². The highest BCUT2D eigenvalue weighted by Gasteiger charge is 2.32. The number of hydrogen-bond donors (Lipinski definition) is 0. The Balaban J connectivity index is 1.26. The Morgan fingerprint density at radius 3 is 2.74 bits per heavy atom. The van der Waals surface area contributed by atoms with Crippen molar-refractivity contribution >= 4 is 33.9 Å². The minimum absolute atomic E-state index is 0.132. The van der Waals surface area contributed by atoms with Crippen LogP contribution in [0.15, 0.2) is 48.8 Å². The summed E-state index contributed by atoms with van der Waals surface area (Å²) in [6.45, 7) is 5.67. The largest absolute Gasteiger partial charge is 0.462 e. The molecule has 2 aromatic carbocycles. The van der Waals surface area contributed by atoms with E-state index in [2.05, 4.69) is 57.9 Å². The van der Waals surface area contributed by atoms with Crippen molar-refractivity contribution in [3.05, 3.63) is 82.0 Å². The van der Waals surface area contributed by atoms with Crippen molar-refractivity contribution in [3.8, 4) is 6.01 Å². The number of benzene rings is 2. The zero-order valence-corrected chi connectivity index (χ0v) is 24.9. The molecular weight excluding hydrogens is 551 g/mol. The Hall–Kier alpha value is -3.49. The molecule has 0 radical (unpaired) electrons. The van der Waals surface area contributed by atoms with Gasteiger partial charge in [-0.2, -0.15) is 9.97 Å².